The number of rotatable bonds is 7. The molecule has 4 nitrogen and oxygen atoms in total. The molecule has 0 saturated heterocycles. The van der Waals surface area contributed by atoms with Crippen LogP contribution in [0.2, 0.25) is 0 Å². The van der Waals surface area contributed by atoms with Crippen molar-refractivity contribution in [2.24, 2.45) is 0 Å². The van der Waals surface area contributed by atoms with Gasteiger partial charge in [0.2, 0.25) is 0 Å². The number of halogens is 1. The van der Waals surface area contributed by atoms with Gasteiger partial charge in [0, 0.05) is 13.2 Å². The summed E-state index contributed by atoms with van der Waals surface area (Å²) in [5.41, 5.74) is 0.640. The molecular weight excluding hydrogens is 353 g/mol. The summed E-state index contributed by atoms with van der Waals surface area (Å²) in [5, 5.41) is 3.31. The summed E-state index contributed by atoms with van der Waals surface area (Å²) in [7, 11) is 0. The molecule has 0 saturated carbocycles. The van der Waals surface area contributed by atoms with Crippen LogP contribution in [-0.4, -0.2) is 23.1 Å². The Hall–Kier alpha value is -0.430. The predicted octanol–water partition coefficient (Wildman–Crippen LogP) is 3.87. The number of anilines is 1. The number of nitrogens with one attached hydrogen (secondary N) is 1. The number of nitrogens with zero attached hydrogens (tertiary/aromatic N) is 2. The minimum atomic E-state index is -0.367. The van der Waals surface area contributed by atoms with Crippen molar-refractivity contribution >= 4 is 28.4 Å². The maximum absolute atomic E-state index is 5.99. The lowest BCUT2D eigenvalue weighted by atomic mass is 9.95. The molecule has 19 heavy (non-hydrogen) atoms. The number of aryl methyl sites for hydroxylation is 1. The number of hydrogen-bond acceptors (Lipinski definition) is 4. The zero-order valence-electron chi connectivity index (χ0n) is 12.5. The van der Waals surface area contributed by atoms with E-state index in [2.05, 4.69) is 53.7 Å². The zero-order valence-corrected chi connectivity index (χ0v) is 14.7. The Labute approximate surface area is 129 Å². The Morgan fingerprint density at radius 1 is 1.16 bits per heavy atom. The second-order valence-electron chi connectivity index (χ2n) is 4.46. The molecule has 0 radical (unpaired) electrons. The van der Waals surface area contributed by atoms with Crippen molar-refractivity contribution < 1.29 is 4.74 Å². The van der Waals surface area contributed by atoms with Crippen LogP contribution in [0, 0.1) is 10.5 Å². The highest BCUT2D eigenvalue weighted by Crippen LogP contribution is 2.32. The normalized spacial score (nSPS) is 11.7. The minimum Gasteiger partial charge on any atom is -0.369 e. The molecule has 0 aliphatic rings. The standard InChI is InChI=1S/C14H24IN3O/c1-6-14(7-2,19-9-4)13-17-10(5)11(15)12(18-13)16-8-3/h6-9H2,1-5H3,(H,16,17,18). The fraction of sp³-hybridized carbons (Fsp3) is 0.714. The molecule has 1 heterocycles. The first-order valence-corrected chi connectivity index (χ1v) is 8.04. The molecule has 0 unspecified atom stereocenters. The minimum absolute atomic E-state index is 0.367. The number of aromatic nitrogens is 2. The van der Waals surface area contributed by atoms with Crippen molar-refractivity contribution in [2.45, 2.75) is 53.1 Å². The summed E-state index contributed by atoms with van der Waals surface area (Å²) in [6, 6.07) is 0. The van der Waals surface area contributed by atoms with Crippen molar-refractivity contribution in [1.82, 2.24) is 9.97 Å². The van der Waals surface area contributed by atoms with E-state index in [1.54, 1.807) is 0 Å². The lowest BCUT2D eigenvalue weighted by molar-refractivity contribution is -0.0571. The second kappa shape index (κ2) is 7.38. The van der Waals surface area contributed by atoms with Gasteiger partial charge in [-0.1, -0.05) is 13.8 Å². The van der Waals surface area contributed by atoms with Gasteiger partial charge in [0.15, 0.2) is 5.82 Å². The van der Waals surface area contributed by atoms with Crippen LogP contribution in [0.1, 0.15) is 52.1 Å². The number of hydrogen-bond donors (Lipinski definition) is 1. The molecule has 0 spiro atoms. The maximum atomic E-state index is 5.99. The van der Waals surface area contributed by atoms with Crippen molar-refractivity contribution in [3.05, 3.63) is 15.1 Å². The van der Waals surface area contributed by atoms with E-state index in [-0.39, 0.29) is 5.60 Å². The SMILES string of the molecule is CCNc1nc(C(CC)(CC)OCC)nc(C)c1I. The molecule has 1 aromatic rings. The quantitative estimate of drug-likeness (QED) is 0.733. The summed E-state index contributed by atoms with van der Waals surface area (Å²) >= 11 is 2.29. The summed E-state index contributed by atoms with van der Waals surface area (Å²) in [6.45, 7) is 11.9. The Morgan fingerprint density at radius 2 is 1.79 bits per heavy atom. The monoisotopic (exact) mass is 377 g/mol. The van der Waals surface area contributed by atoms with Crippen LogP contribution in [0.25, 0.3) is 0 Å². The highest BCUT2D eigenvalue weighted by molar-refractivity contribution is 14.1. The fourth-order valence-electron chi connectivity index (χ4n) is 2.16. The van der Waals surface area contributed by atoms with Crippen LogP contribution in [0.3, 0.4) is 0 Å². The molecule has 0 aliphatic carbocycles. The zero-order chi connectivity index (χ0) is 14.5. The molecule has 0 aliphatic heterocycles. The average molecular weight is 377 g/mol. The van der Waals surface area contributed by atoms with Gasteiger partial charge in [-0.05, 0) is 56.2 Å². The van der Waals surface area contributed by atoms with Crippen LogP contribution < -0.4 is 5.32 Å². The van der Waals surface area contributed by atoms with Gasteiger partial charge >= 0.3 is 0 Å². The van der Waals surface area contributed by atoms with Gasteiger partial charge in [0.1, 0.15) is 11.4 Å². The van der Waals surface area contributed by atoms with Gasteiger partial charge in [-0.2, -0.15) is 0 Å². The first-order valence-electron chi connectivity index (χ1n) is 6.97. The van der Waals surface area contributed by atoms with Crippen LogP contribution in [0.5, 0.6) is 0 Å². The van der Waals surface area contributed by atoms with E-state index in [0.29, 0.717) is 6.61 Å². The summed E-state index contributed by atoms with van der Waals surface area (Å²) in [4.78, 5) is 9.37. The molecule has 0 aromatic carbocycles. The molecule has 1 rings (SSSR count). The van der Waals surface area contributed by atoms with Crippen LogP contribution in [-0.2, 0) is 10.3 Å². The molecule has 1 N–H and O–H groups in total. The molecule has 0 amide bonds. The van der Waals surface area contributed by atoms with E-state index in [9.17, 15) is 0 Å². The van der Waals surface area contributed by atoms with Crippen molar-refractivity contribution in [3.63, 3.8) is 0 Å². The molecule has 108 valence electrons. The van der Waals surface area contributed by atoms with Gasteiger partial charge < -0.3 is 10.1 Å². The van der Waals surface area contributed by atoms with Crippen LogP contribution >= 0.6 is 22.6 Å². The third kappa shape index (κ3) is 3.56. The summed E-state index contributed by atoms with van der Waals surface area (Å²) < 4.78 is 7.07. The summed E-state index contributed by atoms with van der Waals surface area (Å²) in [5.74, 6) is 1.71. The van der Waals surface area contributed by atoms with Crippen molar-refractivity contribution in [1.29, 1.82) is 0 Å². The Bertz CT molecular complexity index is 419. The average Bonchev–Trinajstić information content (AvgIpc) is 2.41. The van der Waals surface area contributed by atoms with Gasteiger partial charge in [-0.3, -0.25) is 0 Å². The van der Waals surface area contributed by atoms with Gasteiger partial charge in [-0.25, -0.2) is 9.97 Å². The first-order chi connectivity index (χ1) is 9.04. The lowest BCUT2D eigenvalue weighted by Crippen LogP contribution is -2.31. The predicted molar refractivity (Wildman–Crippen MR) is 87.5 cm³/mol. The summed E-state index contributed by atoms with van der Waals surface area (Å²) in [6.07, 6.45) is 1.76. The van der Waals surface area contributed by atoms with E-state index < -0.39 is 0 Å². The Balaban J connectivity index is 3.31. The van der Waals surface area contributed by atoms with Gasteiger partial charge in [0.05, 0.1) is 9.26 Å². The van der Waals surface area contributed by atoms with E-state index in [4.69, 9.17) is 9.72 Å². The van der Waals surface area contributed by atoms with E-state index >= 15 is 0 Å². The van der Waals surface area contributed by atoms with Crippen LogP contribution in [0.15, 0.2) is 0 Å². The Kier molecular flexibility index (Phi) is 6.46. The largest absolute Gasteiger partial charge is 0.369 e. The first kappa shape index (κ1) is 16.6. The van der Waals surface area contributed by atoms with Gasteiger partial charge in [-0.15, -0.1) is 0 Å². The molecule has 0 atom stereocenters. The lowest BCUT2D eigenvalue weighted by Gasteiger charge is -2.30. The highest BCUT2D eigenvalue weighted by Gasteiger charge is 2.33. The van der Waals surface area contributed by atoms with Crippen LogP contribution in [0.4, 0.5) is 5.82 Å². The molecule has 5 heteroatoms. The van der Waals surface area contributed by atoms with E-state index in [1.165, 1.54) is 0 Å². The third-order valence-corrected chi connectivity index (χ3v) is 4.62. The topological polar surface area (TPSA) is 47.0 Å². The molecular formula is C14H24IN3O. The molecule has 1 aromatic heterocycles. The maximum Gasteiger partial charge on any atom is 0.162 e. The highest BCUT2D eigenvalue weighted by atomic mass is 127. The smallest absolute Gasteiger partial charge is 0.162 e. The fourth-order valence-corrected chi connectivity index (χ4v) is 2.59. The van der Waals surface area contributed by atoms with E-state index in [1.807, 2.05) is 13.8 Å². The van der Waals surface area contributed by atoms with Gasteiger partial charge in [0.25, 0.3) is 0 Å². The van der Waals surface area contributed by atoms with Crippen molar-refractivity contribution in [2.75, 3.05) is 18.5 Å². The Morgan fingerprint density at radius 3 is 2.26 bits per heavy atom. The number of ether oxygens (including phenoxy) is 1. The third-order valence-electron chi connectivity index (χ3n) is 3.33. The van der Waals surface area contributed by atoms with Crippen molar-refractivity contribution in [3.8, 4) is 0 Å². The molecule has 0 fully saturated rings. The molecule has 0 bridgehead atoms. The van der Waals surface area contributed by atoms with E-state index in [0.717, 1.165) is 40.3 Å². The second-order valence-corrected chi connectivity index (χ2v) is 5.54.